The maximum atomic E-state index is 5.36. The Hall–Kier alpha value is -0.830. The second kappa shape index (κ2) is 7.09. The Kier molecular flexibility index (Phi) is 6.05. The molecule has 1 saturated heterocycles. The van der Waals surface area contributed by atoms with Crippen molar-refractivity contribution in [1.82, 2.24) is 4.90 Å². The van der Waals surface area contributed by atoms with E-state index in [1.165, 1.54) is 18.7 Å². The third-order valence-corrected chi connectivity index (χ3v) is 3.66. The minimum atomic E-state index is 0.0623. The van der Waals surface area contributed by atoms with Crippen molar-refractivity contribution in [3.63, 3.8) is 0 Å². The maximum absolute atomic E-state index is 5.36. The summed E-state index contributed by atoms with van der Waals surface area (Å²) in [5.74, 6) is 1.21. The van der Waals surface area contributed by atoms with Gasteiger partial charge >= 0.3 is 0 Å². The highest BCUT2D eigenvalue weighted by Gasteiger charge is 2.33. The molecular formula is C16H30N2O. The van der Waals surface area contributed by atoms with Crippen LogP contribution in [0.25, 0.3) is 0 Å². The van der Waals surface area contributed by atoms with Crippen LogP contribution >= 0.6 is 0 Å². The normalized spacial score (nSPS) is 22.7. The van der Waals surface area contributed by atoms with Crippen molar-refractivity contribution in [3.05, 3.63) is 12.7 Å². The lowest BCUT2D eigenvalue weighted by Crippen LogP contribution is -2.45. The predicted molar refractivity (Wildman–Crippen MR) is 82.8 cm³/mol. The van der Waals surface area contributed by atoms with E-state index in [1.807, 2.05) is 6.08 Å². The molecule has 0 aromatic heterocycles. The zero-order valence-corrected chi connectivity index (χ0v) is 13.3. The zero-order valence-electron chi connectivity index (χ0n) is 13.3. The van der Waals surface area contributed by atoms with Crippen LogP contribution in [0.4, 0.5) is 0 Å². The van der Waals surface area contributed by atoms with Crippen LogP contribution in [-0.4, -0.2) is 43.1 Å². The summed E-state index contributed by atoms with van der Waals surface area (Å²) in [6.07, 6.45) is 5.39. The van der Waals surface area contributed by atoms with Crippen molar-refractivity contribution in [1.29, 1.82) is 0 Å². The van der Waals surface area contributed by atoms with Gasteiger partial charge in [-0.2, -0.15) is 0 Å². The predicted octanol–water partition coefficient (Wildman–Crippen LogP) is 3.51. The van der Waals surface area contributed by atoms with Crippen LogP contribution < -0.4 is 0 Å². The number of rotatable bonds is 5. The van der Waals surface area contributed by atoms with Gasteiger partial charge < -0.3 is 9.64 Å². The molecule has 1 fully saturated rings. The highest BCUT2D eigenvalue weighted by atomic mass is 16.5. The van der Waals surface area contributed by atoms with E-state index in [1.54, 1.807) is 7.11 Å². The molecule has 0 aliphatic carbocycles. The molecule has 0 amide bonds. The van der Waals surface area contributed by atoms with Crippen molar-refractivity contribution in [2.24, 2.45) is 10.4 Å². The first kappa shape index (κ1) is 16.2. The SMILES string of the molecule is C=C[C@H](CC)N=C(N1CCC[C@H]1COC)C(C)(C)C. The summed E-state index contributed by atoms with van der Waals surface area (Å²) in [5, 5.41) is 0. The first-order chi connectivity index (χ1) is 8.93. The molecule has 0 unspecified atom stereocenters. The van der Waals surface area contributed by atoms with Crippen molar-refractivity contribution in [2.75, 3.05) is 20.3 Å². The molecule has 3 nitrogen and oxygen atoms in total. The van der Waals surface area contributed by atoms with Gasteiger partial charge in [0.25, 0.3) is 0 Å². The van der Waals surface area contributed by atoms with Gasteiger partial charge in [0.15, 0.2) is 0 Å². The lowest BCUT2D eigenvalue weighted by atomic mass is 9.93. The van der Waals surface area contributed by atoms with Crippen LogP contribution in [0.1, 0.15) is 47.0 Å². The van der Waals surface area contributed by atoms with E-state index in [9.17, 15) is 0 Å². The molecule has 110 valence electrons. The minimum absolute atomic E-state index is 0.0623. The number of aliphatic imine (C=N–C) groups is 1. The monoisotopic (exact) mass is 266 g/mol. The second-order valence-electron chi connectivity index (χ2n) is 6.36. The van der Waals surface area contributed by atoms with Gasteiger partial charge in [-0.05, 0) is 19.3 Å². The third kappa shape index (κ3) is 4.34. The summed E-state index contributed by atoms with van der Waals surface area (Å²) in [6, 6.07) is 0.698. The van der Waals surface area contributed by atoms with Gasteiger partial charge in [-0.1, -0.05) is 33.8 Å². The largest absolute Gasteiger partial charge is 0.383 e. The number of methoxy groups -OCH3 is 1. The van der Waals surface area contributed by atoms with Crippen LogP contribution in [0.3, 0.4) is 0 Å². The Morgan fingerprint density at radius 2 is 2.21 bits per heavy atom. The van der Waals surface area contributed by atoms with E-state index in [4.69, 9.17) is 9.73 Å². The summed E-state index contributed by atoms with van der Waals surface area (Å²) in [6.45, 7) is 14.7. The van der Waals surface area contributed by atoms with Crippen molar-refractivity contribution in [2.45, 2.75) is 59.0 Å². The Morgan fingerprint density at radius 1 is 1.53 bits per heavy atom. The first-order valence-electron chi connectivity index (χ1n) is 7.40. The average molecular weight is 266 g/mol. The van der Waals surface area contributed by atoms with Crippen LogP contribution in [0.2, 0.25) is 0 Å². The Labute approximate surface area is 118 Å². The van der Waals surface area contributed by atoms with Crippen molar-refractivity contribution < 1.29 is 4.74 Å². The van der Waals surface area contributed by atoms with E-state index in [-0.39, 0.29) is 11.5 Å². The first-order valence-corrected chi connectivity index (χ1v) is 7.40. The van der Waals surface area contributed by atoms with Gasteiger partial charge in [-0.3, -0.25) is 4.99 Å². The Bertz CT molecular complexity index is 317. The van der Waals surface area contributed by atoms with Crippen LogP contribution in [0.5, 0.6) is 0 Å². The molecule has 2 atom stereocenters. The van der Waals surface area contributed by atoms with Gasteiger partial charge in [0, 0.05) is 19.1 Å². The molecule has 19 heavy (non-hydrogen) atoms. The van der Waals surface area contributed by atoms with E-state index in [0.717, 1.165) is 19.6 Å². The molecule has 0 N–H and O–H groups in total. The second-order valence-corrected chi connectivity index (χ2v) is 6.36. The molecule has 0 saturated carbocycles. The molecule has 0 aromatic carbocycles. The molecule has 1 aliphatic heterocycles. The fourth-order valence-electron chi connectivity index (χ4n) is 2.65. The number of hydrogen-bond acceptors (Lipinski definition) is 2. The fraction of sp³-hybridized carbons (Fsp3) is 0.812. The molecule has 1 rings (SSSR count). The topological polar surface area (TPSA) is 24.8 Å². The minimum Gasteiger partial charge on any atom is -0.383 e. The summed E-state index contributed by atoms with van der Waals surface area (Å²) in [4.78, 5) is 7.42. The third-order valence-electron chi connectivity index (χ3n) is 3.66. The standard InChI is InChI=1S/C16H30N2O/c1-7-13(8-2)17-15(16(3,4)5)18-11-9-10-14(18)12-19-6/h7,13-14H,1,8-12H2,2-6H3/t13-,14+/m1/s1. The molecule has 1 heterocycles. The van der Waals surface area contributed by atoms with Gasteiger partial charge in [0.2, 0.25) is 0 Å². The Morgan fingerprint density at radius 3 is 2.68 bits per heavy atom. The molecule has 3 heteroatoms. The molecule has 0 spiro atoms. The molecule has 0 aromatic rings. The number of nitrogens with zero attached hydrogens (tertiary/aromatic N) is 2. The van der Waals surface area contributed by atoms with E-state index in [0.29, 0.717) is 6.04 Å². The van der Waals surface area contributed by atoms with Crippen LogP contribution in [0, 0.1) is 5.41 Å². The van der Waals surface area contributed by atoms with Gasteiger partial charge in [-0.15, -0.1) is 6.58 Å². The average Bonchev–Trinajstić information content (AvgIpc) is 2.77. The molecule has 0 bridgehead atoms. The van der Waals surface area contributed by atoms with E-state index < -0.39 is 0 Å². The van der Waals surface area contributed by atoms with Gasteiger partial charge in [-0.25, -0.2) is 0 Å². The Balaban J connectivity index is 3.00. The molecule has 0 radical (unpaired) electrons. The lowest BCUT2D eigenvalue weighted by molar-refractivity contribution is 0.141. The number of amidine groups is 1. The van der Waals surface area contributed by atoms with Crippen molar-refractivity contribution in [3.8, 4) is 0 Å². The summed E-state index contributed by atoms with van der Waals surface area (Å²) in [7, 11) is 1.78. The van der Waals surface area contributed by atoms with Gasteiger partial charge in [0.05, 0.1) is 18.7 Å². The summed E-state index contributed by atoms with van der Waals surface area (Å²) in [5.41, 5.74) is 0.0623. The summed E-state index contributed by atoms with van der Waals surface area (Å²) < 4.78 is 5.36. The smallest absolute Gasteiger partial charge is 0.105 e. The fourth-order valence-corrected chi connectivity index (χ4v) is 2.65. The van der Waals surface area contributed by atoms with Gasteiger partial charge in [0.1, 0.15) is 5.84 Å². The van der Waals surface area contributed by atoms with Crippen molar-refractivity contribution >= 4 is 5.84 Å². The van der Waals surface area contributed by atoms with Crippen LogP contribution in [-0.2, 0) is 4.74 Å². The van der Waals surface area contributed by atoms with E-state index >= 15 is 0 Å². The zero-order chi connectivity index (χ0) is 14.5. The number of hydrogen-bond donors (Lipinski definition) is 0. The maximum Gasteiger partial charge on any atom is 0.105 e. The van der Waals surface area contributed by atoms with Crippen LogP contribution in [0.15, 0.2) is 17.6 Å². The molecular weight excluding hydrogens is 236 g/mol. The number of ether oxygens (including phenoxy) is 1. The summed E-state index contributed by atoms with van der Waals surface area (Å²) >= 11 is 0. The highest BCUT2D eigenvalue weighted by molar-refractivity contribution is 5.88. The lowest BCUT2D eigenvalue weighted by Gasteiger charge is -2.35. The van der Waals surface area contributed by atoms with E-state index in [2.05, 4.69) is 39.2 Å². The number of likely N-dealkylation sites (tertiary alicyclic amines) is 1. The molecule has 1 aliphatic rings. The quantitative estimate of drug-likeness (QED) is 0.432. The highest BCUT2D eigenvalue weighted by Crippen LogP contribution is 2.27.